The Labute approximate surface area is 268 Å². The van der Waals surface area contributed by atoms with Crippen LogP contribution in [0.1, 0.15) is 39.9 Å². The predicted molar refractivity (Wildman–Crippen MR) is 180 cm³/mol. The van der Waals surface area contributed by atoms with Crippen molar-refractivity contribution < 1.29 is 23.4 Å². The van der Waals surface area contributed by atoms with E-state index in [9.17, 15) is 4.79 Å². The van der Waals surface area contributed by atoms with Crippen molar-refractivity contribution in [1.29, 1.82) is 0 Å². The third kappa shape index (κ3) is 9.88. The molecule has 0 aliphatic carbocycles. The summed E-state index contributed by atoms with van der Waals surface area (Å²) >= 11 is 3.98. The summed E-state index contributed by atoms with van der Waals surface area (Å²) in [6.45, 7) is 11.6. The Bertz CT molecular complexity index is 1260. The number of halogens is 1. The lowest BCUT2D eigenvalue weighted by Gasteiger charge is -2.24. The van der Waals surface area contributed by atoms with Crippen LogP contribution in [0, 0.1) is 6.92 Å². The van der Waals surface area contributed by atoms with E-state index in [1.807, 2.05) is 62.6 Å². The van der Waals surface area contributed by atoms with Crippen LogP contribution in [-0.2, 0) is 4.74 Å². The van der Waals surface area contributed by atoms with Gasteiger partial charge in [0.2, 0.25) is 11.8 Å². The number of aryl methyl sites for hydroxylation is 1. The van der Waals surface area contributed by atoms with Gasteiger partial charge in [-0.3, -0.25) is 8.87 Å². The quantitative estimate of drug-likeness (QED) is 0.0985. The molecule has 0 saturated heterocycles. The number of furan rings is 1. The molecule has 0 spiro atoms. The maximum atomic E-state index is 11.9. The number of aromatic nitrogens is 3. The maximum Gasteiger partial charge on any atom is 0.407 e. The van der Waals surface area contributed by atoms with Crippen molar-refractivity contribution in [3.63, 3.8) is 0 Å². The molecule has 1 amide bonds. The van der Waals surface area contributed by atoms with E-state index in [4.69, 9.17) is 18.6 Å². The molecule has 14 heteroatoms. The topological polar surface area (TPSA) is 116 Å². The summed E-state index contributed by atoms with van der Waals surface area (Å²) in [6, 6.07) is 9.68. The zero-order valence-corrected chi connectivity index (χ0v) is 29.0. The number of anilines is 1. The fraction of sp³-hybridized carbons (Fsp3) is 0.536. The lowest BCUT2D eigenvalue weighted by Crippen LogP contribution is -2.36. The molecule has 0 saturated carbocycles. The largest absolute Gasteiger partial charge is 0.494 e. The molecule has 0 aliphatic rings. The first-order valence-electron chi connectivity index (χ1n) is 13.7. The van der Waals surface area contributed by atoms with E-state index in [1.54, 1.807) is 35.1 Å². The predicted octanol–water partition coefficient (Wildman–Crippen LogP) is 6.28. The molecule has 0 aliphatic heterocycles. The van der Waals surface area contributed by atoms with E-state index in [0.717, 1.165) is 36.8 Å². The zero-order chi connectivity index (χ0) is 30.7. The molecule has 2 heterocycles. The second-order valence-corrected chi connectivity index (χ2v) is 14.0. The molecule has 3 rings (SSSR count). The van der Waals surface area contributed by atoms with Gasteiger partial charge in [-0.25, -0.2) is 4.79 Å². The lowest BCUT2D eigenvalue weighted by atomic mass is 10.2. The van der Waals surface area contributed by atoms with Crippen molar-refractivity contribution in [2.75, 3.05) is 49.7 Å². The van der Waals surface area contributed by atoms with Gasteiger partial charge in [0.05, 0.1) is 14.2 Å². The number of carbonyl (C=O) groups is 1. The lowest BCUT2D eigenvalue weighted by molar-refractivity contribution is 0.0526. The fourth-order valence-corrected chi connectivity index (χ4v) is 5.86. The van der Waals surface area contributed by atoms with Gasteiger partial charge in [-0.1, -0.05) is 15.0 Å². The molecular weight excluding hydrogens is 691 g/mol. The first-order valence-corrected chi connectivity index (χ1v) is 18.1. The highest BCUT2D eigenvalue weighted by Crippen LogP contribution is 2.39. The minimum Gasteiger partial charge on any atom is -0.494 e. The Morgan fingerprint density at radius 1 is 1.12 bits per heavy atom. The number of benzene rings is 1. The van der Waals surface area contributed by atoms with E-state index in [1.165, 1.54) is 0 Å². The zero-order valence-electron chi connectivity index (χ0n) is 25.2. The highest BCUT2D eigenvalue weighted by molar-refractivity contribution is 14.2. The normalized spacial score (nSPS) is 12.2. The highest BCUT2D eigenvalue weighted by atomic mass is 127. The van der Waals surface area contributed by atoms with Crippen molar-refractivity contribution in [2.45, 2.75) is 52.7 Å². The van der Waals surface area contributed by atoms with Crippen LogP contribution in [0.3, 0.4) is 0 Å². The Hall–Kier alpha value is -2.30. The highest BCUT2D eigenvalue weighted by Gasteiger charge is 2.27. The number of methoxy groups -OCH3 is 2. The average Bonchev–Trinajstić information content (AvgIpc) is 3.57. The molecule has 1 unspecified atom stereocenters. The molecular formula is C28H41IN6O5S2. The number of ether oxygens (including phenoxy) is 3. The fourth-order valence-electron chi connectivity index (χ4n) is 4.02. The number of hydrogen-bond donors (Lipinski definition) is 2. The van der Waals surface area contributed by atoms with E-state index in [0.29, 0.717) is 41.3 Å². The summed E-state index contributed by atoms with van der Waals surface area (Å²) in [5.41, 5.74) is 0.189. The van der Waals surface area contributed by atoms with Gasteiger partial charge >= 0.3 is 6.09 Å². The first-order chi connectivity index (χ1) is 20.1. The SMILES string of the molecule is COc1cccc(OC)c1-n1c(-c2ccc(C)o2)nnc1N(CCSI)SCCNC(C)CCNC(=O)OC(C)(C)C. The van der Waals surface area contributed by atoms with E-state index >= 15 is 0 Å². The second-order valence-electron chi connectivity index (χ2n) is 10.4. The number of nitrogens with zero attached hydrogens (tertiary/aromatic N) is 4. The van der Waals surface area contributed by atoms with Crippen LogP contribution in [0.4, 0.5) is 10.7 Å². The molecule has 42 heavy (non-hydrogen) atoms. The van der Waals surface area contributed by atoms with Gasteiger partial charge in [0.15, 0.2) is 5.76 Å². The second kappa shape index (κ2) is 16.5. The van der Waals surface area contributed by atoms with Crippen LogP contribution in [0.2, 0.25) is 0 Å². The van der Waals surface area contributed by atoms with Crippen LogP contribution in [0.15, 0.2) is 34.7 Å². The number of alkyl carbamates (subject to hydrolysis) is 1. The number of hydrogen-bond acceptors (Lipinski definition) is 11. The van der Waals surface area contributed by atoms with Crippen molar-refractivity contribution in [2.24, 2.45) is 0 Å². The molecule has 0 fully saturated rings. The van der Waals surface area contributed by atoms with Crippen LogP contribution < -0.4 is 24.4 Å². The standard InChI is InChI=1S/C28H41IN6O5S2/c1-19(13-14-31-27(36)40-28(3,4)5)30-15-17-42-34(16-18-41-29)26-33-32-25(23-12-11-20(2)39-23)35(26)24-21(37-6)9-8-10-22(24)38-7/h8-12,19,30H,13-18H2,1-7H3,(H,31,36). The van der Waals surface area contributed by atoms with Crippen molar-refractivity contribution >= 4 is 54.1 Å². The third-order valence-corrected chi connectivity index (χ3v) is 8.62. The molecule has 2 N–H and O–H groups in total. The van der Waals surface area contributed by atoms with Gasteiger partial charge < -0.3 is 29.3 Å². The van der Waals surface area contributed by atoms with E-state index in [-0.39, 0.29) is 6.04 Å². The van der Waals surface area contributed by atoms with Crippen molar-refractivity contribution in [1.82, 2.24) is 25.4 Å². The minimum absolute atomic E-state index is 0.217. The molecule has 0 radical (unpaired) electrons. The van der Waals surface area contributed by atoms with Crippen LogP contribution >= 0.6 is 42.1 Å². The monoisotopic (exact) mass is 732 g/mol. The Morgan fingerprint density at radius 2 is 1.83 bits per heavy atom. The number of nitrogens with one attached hydrogen (secondary N) is 2. The summed E-state index contributed by atoms with van der Waals surface area (Å²) in [4.78, 5) is 11.9. The van der Waals surface area contributed by atoms with Crippen LogP contribution in [-0.4, -0.2) is 77.9 Å². The summed E-state index contributed by atoms with van der Waals surface area (Å²) in [6.07, 6.45) is 0.390. The molecule has 232 valence electrons. The van der Waals surface area contributed by atoms with Crippen LogP contribution in [0.25, 0.3) is 17.3 Å². The molecule has 0 bridgehead atoms. The minimum atomic E-state index is -0.508. The number of amides is 1. The van der Waals surface area contributed by atoms with Crippen molar-refractivity contribution in [3.8, 4) is 28.8 Å². The van der Waals surface area contributed by atoms with Gasteiger partial charge in [-0.05, 0) is 98.5 Å². The van der Waals surface area contributed by atoms with Gasteiger partial charge in [0.25, 0.3) is 0 Å². The van der Waals surface area contributed by atoms with Crippen LogP contribution in [0.5, 0.6) is 11.5 Å². The Balaban J connectivity index is 1.77. The van der Waals surface area contributed by atoms with E-state index in [2.05, 4.69) is 53.3 Å². The summed E-state index contributed by atoms with van der Waals surface area (Å²) in [7, 11) is 5.00. The smallest absolute Gasteiger partial charge is 0.407 e. The molecule has 2 aromatic heterocycles. The number of para-hydroxylation sites is 1. The Morgan fingerprint density at radius 3 is 2.43 bits per heavy atom. The maximum absolute atomic E-state index is 11.9. The number of carbonyl (C=O) groups excluding carboxylic acids is 1. The average molecular weight is 733 g/mol. The summed E-state index contributed by atoms with van der Waals surface area (Å²) in [5.74, 6) is 5.52. The Kier molecular flexibility index (Phi) is 13.5. The van der Waals surface area contributed by atoms with Gasteiger partial charge in [-0.2, -0.15) is 0 Å². The first kappa shape index (κ1) is 34.2. The third-order valence-electron chi connectivity index (χ3n) is 5.91. The summed E-state index contributed by atoms with van der Waals surface area (Å²) in [5, 5.41) is 15.6. The van der Waals surface area contributed by atoms with Gasteiger partial charge in [0, 0.05) is 37.2 Å². The van der Waals surface area contributed by atoms with E-state index < -0.39 is 11.7 Å². The molecule has 11 nitrogen and oxygen atoms in total. The number of rotatable bonds is 16. The molecule has 3 aromatic rings. The van der Waals surface area contributed by atoms with Gasteiger partial charge in [0.1, 0.15) is 28.5 Å². The van der Waals surface area contributed by atoms with Crippen molar-refractivity contribution in [3.05, 3.63) is 36.1 Å². The van der Waals surface area contributed by atoms with Gasteiger partial charge in [-0.15, -0.1) is 10.2 Å². The molecule has 1 atom stereocenters. The molecule has 1 aromatic carbocycles. The summed E-state index contributed by atoms with van der Waals surface area (Å²) < 4.78 is 26.9.